The first kappa shape index (κ1) is 16.2. The predicted molar refractivity (Wildman–Crippen MR) is 89.6 cm³/mol. The third-order valence-corrected chi connectivity index (χ3v) is 4.72. The highest BCUT2D eigenvalue weighted by Crippen LogP contribution is 2.24. The van der Waals surface area contributed by atoms with Gasteiger partial charge in [0, 0.05) is 53.4 Å². The normalized spacial score (nSPS) is 17.0. The molecule has 0 aromatic carbocycles. The Kier molecular flexibility index (Phi) is 5.19. The van der Waals surface area contributed by atoms with Crippen LogP contribution in [0.3, 0.4) is 0 Å². The Hall–Kier alpha value is -1.17. The maximum Gasteiger partial charge on any atom is 0.138 e. The van der Waals surface area contributed by atoms with Gasteiger partial charge in [-0.15, -0.1) is 0 Å². The second kappa shape index (κ2) is 6.73. The van der Waals surface area contributed by atoms with Crippen molar-refractivity contribution in [2.45, 2.75) is 39.5 Å². The molecule has 0 saturated carbocycles. The molecule has 1 aliphatic rings. The molecule has 1 saturated heterocycles. The zero-order chi connectivity index (χ0) is 15.5. The summed E-state index contributed by atoms with van der Waals surface area (Å²) in [5.41, 5.74) is -0.0861. The Morgan fingerprint density at radius 3 is 2.52 bits per heavy atom. The molecule has 1 aromatic rings. The van der Waals surface area contributed by atoms with Crippen LogP contribution in [0.1, 0.15) is 39.9 Å². The standard InChI is InChI=1S/C15H26N4OS/c1-5-6-16-12-11-13(18-14(17-12)15(2,3)4)19-7-9-21(20)10-8-19/h11H,5-10H2,1-4H3,(H,16,17,18). The average Bonchev–Trinajstić information content (AvgIpc) is 2.44. The van der Waals surface area contributed by atoms with Crippen molar-refractivity contribution in [3.63, 3.8) is 0 Å². The van der Waals surface area contributed by atoms with Crippen molar-refractivity contribution in [1.29, 1.82) is 0 Å². The summed E-state index contributed by atoms with van der Waals surface area (Å²) < 4.78 is 11.5. The maximum atomic E-state index is 11.5. The third-order valence-electron chi connectivity index (χ3n) is 3.44. The second-order valence-corrected chi connectivity index (χ2v) is 8.14. The number of aromatic nitrogens is 2. The molecule has 1 fully saturated rings. The van der Waals surface area contributed by atoms with E-state index in [1.54, 1.807) is 0 Å². The van der Waals surface area contributed by atoms with Crippen LogP contribution in [-0.2, 0) is 16.2 Å². The summed E-state index contributed by atoms with van der Waals surface area (Å²) in [5.74, 6) is 4.15. The quantitative estimate of drug-likeness (QED) is 0.923. The van der Waals surface area contributed by atoms with Crippen LogP contribution in [0.25, 0.3) is 0 Å². The number of nitrogens with one attached hydrogen (secondary N) is 1. The number of anilines is 2. The zero-order valence-electron chi connectivity index (χ0n) is 13.5. The van der Waals surface area contributed by atoms with Crippen molar-refractivity contribution in [1.82, 2.24) is 9.97 Å². The SMILES string of the molecule is CCCNc1cc(N2CCS(=O)CC2)nc(C(C)(C)C)n1. The highest BCUT2D eigenvalue weighted by molar-refractivity contribution is 7.85. The smallest absolute Gasteiger partial charge is 0.138 e. The Balaban J connectivity index is 2.28. The molecule has 6 heteroatoms. The van der Waals surface area contributed by atoms with Crippen LogP contribution < -0.4 is 10.2 Å². The second-order valence-electron chi connectivity index (χ2n) is 6.45. The van der Waals surface area contributed by atoms with E-state index in [-0.39, 0.29) is 5.41 Å². The first-order valence-electron chi connectivity index (χ1n) is 7.63. The number of hydrogen-bond donors (Lipinski definition) is 1. The molecule has 0 atom stereocenters. The summed E-state index contributed by atoms with van der Waals surface area (Å²) in [5, 5.41) is 3.36. The number of rotatable bonds is 4. The maximum absolute atomic E-state index is 11.5. The Bertz CT molecular complexity index is 503. The molecule has 0 unspecified atom stereocenters. The fourth-order valence-electron chi connectivity index (χ4n) is 2.14. The molecule has 0 bridgehead atoms. The molecule has 1 aromatic heterocycles. The molecule has 118 valence electrons. The van der Waals surface area contributed by atoms with Gasteiger partial charge in [-0.25, -0.2) is 9.97 Å². The van der Waals surface area contributed by atoms with E-state index in [2.05, 4.69) is 42.9 Å². The summed E-state index contributed by atoms with van der Waals surface area (Å²) in [4.78, 5) is 11.6. The molecule has 2 heterocycles. The molecule has 0 spiro atoms. The molecule has 5 nitrogen and oxygen atoms in total. The fraction of sp³-hybridized carbons (Fsp3) is 0.733. The first-order valence-corrected chi connectivity index (χ1v) is 9.12. The van der Waals surface area contributed by atoms with Crippen LogP contribution in [0.15, 0.2) is 6.07 Å². The number of nitrogens with zero attached hydrogens (tertiary/aromatic N) is 3. The molecule has 21 heavy (non-hydrogen) atoms. The molecule has 1 aliphatic heterocycles. The minimum atomic E-state index is -0.668. The third kappa shape index (κ3) is 4.40. The lowest BCUT2D eigenvalue weighted by molar-refractivity contribution is 0.544. The van der Waals surface area contributed by atoms with Gasteiger partial charge in [0.05, 0.1) is 0 Å². The van der Waals surface area contributed by atoms with Gasteiger partial charge < -0.3 is 10.2 Å². The van der Waals surface area contributed by atoms with Gasteiger partial charge in [-0.3, -0.25) is 4.21 Å². The highest BCUT2D eigenvalue weighted by Gasteiger charge is 2.22. The largest absolute Gasteiger partial charge is 0.370 e. The van der Waals surface area contributed by atoms with Crippen molar-refractivity contribution in [3.05, 3.63) is 11.9 Å². The minimum absolute atomic E-state index is 0.0861. The van der Waals surface area contributed by atoms with Gasteiger partial charge in [0.15, 0.2) is 0 Å². The van der Waals surface area contributed by atoms with Gasteiger partial charge in [0.1, 0.15) is 17.5 Å². The summed E-state index contributed by atoms with van der Waals surface area (Å²) >= 11 is 0. The summed E-state index contributed by atoms with van der Waals surface area (Å²) in [6.45, 7) is 11.0. The molecular weight excluding hydrogens is 284 g/mol. The van der Waals surface area contributed by atoms with Crippen LogP contribution in [0, 0.1) is 0 Å². The lowest BCUT2D eigenvalue weighted by Gasteiger charge is -2.29. The van der Waals surface area contributed by atoms with Crippen molar-refractivity contribution in [2.24, 2.45) is 0 Å². The van der Waals surface area contributed by atoms with Crippen LogP contribution >= 0.6 is 0 Å². The zero-order valence-corrected chi connectivity index (χ0v) is 14.3. The van der Waals surface area contributed by atoms with E-state index in [4.69, 9.17) is 4.98 Å². The Morgan fingerprint density at radius 1 is 1.29 bits per heavy atom. The molecule has 1 N–H and O–H groups in total. The molecular formula is C15H26N4OS. The van der Waals surface area contributed by atoms with Gasteiger partial charge in [0.25, 0.3) is 0 Å². The van der Waals surface area contributed by atoms with Crippen LogP contribution in [0.2, 0.25) is 0 Å². The minimum Gasteiger partial charge on any atom is -0.370 e. The van der Waals surface area contributed by atoms with E-state index in [0.717, 1.165) is 55.0 Å². The van der Waals surface area contributed by atoms with Gasteiger partial charge in [-0.05, 0) is 6.42 Å². The predicted octanol–water partition coefficient (Wildman–Crippen LogP) is 2.16. The fourth-order valence-corrected chi connectivity index (χ4v) is 3.19. The van der Waals surface area contributed by atoms with Gasteiger partial charge in [-0.1, -0.05) is 27.7 Å². The summed E-state index contributed by atoms with van der Waals surface area (Å²) in [6, 6.07) is 2.01. The van der Waals surface area contributed by atoms with Crippen LogP contribution in [0.5, 0.6) is 0 Å². The van der Waals surface area contributed by atoms with E-state index in [9.17, 15) is 4.21 Å². The Labute approximate surface area is 130 Å². The van der Waals surface area contributed by atoms with E-state index in [1.165, 1.54) is 0 Å². The molecule has 0 amide bonds. The summed E-state index contributed by atoms with van der Waals surface area (Å²) in [7, 11) is -0.668. The lowest BCUT2D eigenvalue weighted by Crippen LogP contribution is -2.38. The van der Waals surface area contributed by atoms with Crippen molar-refractivity contribution < 1.29 is 4.21 Å². The first-order chi connectivity index (χ1) is 9.90. The van der Waals surface area contributed by atoms with Gasteiger partial charge in [0.2, 0.25) is 0 Å². The lowest BCUT2D eigenvalue weighted by atomic mass is 9.96. The topological polar surface area (TPSA) is 58.1 Å². The van der Waals surface area contributed by atoms with E-state index in [0.29, 0.717) is 0 Å². The molecule has 0 aliphatic carbocycles. The van der Waals surface area contributed by atoms with Gasteiger partial charge >= 0.3 is 0 Å². The van der Waals surface area contributed by atoms with E-state index >= 15 is 0 Å². The van der Waals surface area contributed by atoms with Gasteiger partial charge in [-0.2, -0.15) is 0 Å². The monoisotopic (exact) mass is 310 g/mol. The van der Waals surface area contributed by atoms with E-state index < -0.39 is 10.8 Å². The average molecular weight is 310 g/mol. The molecule has 2 rings (SSSR count). The van der Waals surface area contributed by atoms with Crippen LogP contribution in [-0.4, -0.2) is 45.3 Å². The van der Waals surface area contributed by atoms with Crippen LogP contribution in [0.4, 0.5) is 11.6 Å². The van der Waals surface area contributed by atoms with Crippen molar-refractivity contribution in [2.75, 3.05) is 41.4 Å². The molecule has 0 radical (unpaired) electrons. The van der Waals surface area contributed by atoms with Crippen molar-refractivity contribution in [3.8, 4) is 0 Å². The highest BCUT2D eigenvalue weighted by atomic mass is 32.2. The number of hydrogen-bond acceptors (Lipinski definition) is 5. The summed E-state index contributed by atoms with van der Waals surface area (Å²) in [6.07, 6.45) is 1.06. The van der Waals surface area contributed by atoms with Crippen molar-refractivity contribution >= 4 is 22.4 Å². The Morgan fingerprint density at radius 2 is 1.95 bits per heavy atom. The van der Waals surface area contributed by atoms with E-state index in [1.807, 2.05) is 6.07 Å².